The van der Waals surface area contributed by atoms with E-state index < -0.39 is 0 Å². The van der Waals surface area contributed by atoms with Crippen LogP contribution in [0.5, 0.6) is 11.5 Å². The molecule has 4 aromatic rings. The van der Waals surface area contributed by atoms with Gasteiger partial charge in [-0.3, -0.25) is 14.0 Å². The highest BCUT2D eigenvalue weighted by atomic mass is 16.5. The Kier molecular flexibility index (Phi) is 5.43. The number of hydrogen-bond acceptors (Lipinski definition) is 5. The summed E-state index contributed by atoms with van der Waals surface area (Å²) in [5.74, 6) is 0.789. The van der Waals surface area contributed by atoms with Crippen molar-refractivity contribution in [2.75, 3.05) is 12.4 Å². The molecule has 150 valence electrons. The fourth-order valence-electron chi connectivity index (χ4n) is 2.98. The Morgan fingerprint density at radius 2 is 1.87 bits per heavy atom. The van der Waals surface area contributed by atoms with Gasteiger partial charge in [-0.05, 0) is 42.5 Å². The summed E-state index contributed by atoms with van der Waals surface area (Å²) < 4.78 is 12.5. The lowest BCUT2D eigenvalue weighted by molar-refractivity contribution is 0.102. The summed E-state index contributed by atoms with van der Waals surface area (Å²) in [4.78, 5) is 29.3. The van der Waals surface area contributed by atoms with Gasteiger partial charge in [-0.2, -0.15) is 0 Å². The monoisotopic (exact) mass is 401 g/mol. The SMILES string of the molecule is COc1cccc(C(=O)Nc2ccccc2OCc2cc(=O)n3ccccc3n2)c1. The van der Waals surface area contributed by atoms with Crippen molar-refractivity contribution in [1.82, 2.24) is 9.38 Å². The van der Waals surface area contributed by atoms with Gasteiger partial charge in [0, 0.05) is 17.8 Å². The van der Waals surface area contributed by atoms with Crippen molar-refractivity contribution in [3.05, 3.63) is 101 Å². The van der Waals surface area contributed by atoms with Crippen LogP contribution in [0.15, 0.2) is 83.8 Å². The van der Waals surface area contributed by atoms with Crippen molar-refractivity contribution in [1.29, 1.82) is 0 Å². The molecule has 0 saturated heterocycles. The first-order valence-corrected chi connectivity index (χ1v) is 9.28. The second-order valence-electron chi connectivity index (χ2n) is 6.49. The fourth-order valence-corrected chi connectivity index (χ4v) is 2.98. The maximum Gasteiger partial charge on any atom is 0.258 e. The van der Waals surface area contributed by atoms with Gasteiger partial charge in [0.2, 0.25) is 0 Å². The Morgan fingerprint density at radius 1 is 1.03 bits per heavy atom. The molecule has 7 heteroatoms. The lowest BCUT2D eigenvalue weighted by Crippen LogP contribution is -2.16. The topological polar surface area (TPSA) is 81.9 Å². The smallest absolute Gasteiger partial charge is 0.258 e. The molecule has 2 aromatic carbocycles. The van der Waals surface area contributed by atoms with Crippen molar-refractivity contribution < 1.29 is 14.3 Å². The molecule has 1 N–H and O–H groups in total. The second-order valence-corrected chi connectivity index (χ2v) is 6.49. The van der Waals surface area contributed by atoms with E-state index in [1.54, 1.807) is 74.0 Å². The summed E-state index contributed by atoms with van der Waals surface area (Å²) in [6.07, 6.45) is 1.67. The van der Waals surface area contributed by atoms with Crippen LogP contribution in [0.1, 0.15) is 16.1 Å². The van der Waals surface area contributed by atoms with Crippen LogP contribution in [0, 0.1) is 0 Å². The Labute approximate surface area is 172 Å². The van der Waals surface area contributed by atoms with Crippen LogP contribution in [0.3, 0.4) is 0 Å². The van der Waals surface area contributed by atoms with Crippen LogP contribution in [0.2, 0.25) is 0 Å². The zero-order valence-corrected chi connectivity index (χ0v) is 16.2. The maximum absolute atomic E-state index is 12.6. The number of methoxy groups -OCH3 is 1. The molecule has 2 aromatic heterocycles. The van der Waals surface area contributed by atoms with E-state index in [-0.39, 0.29) is 18.1 Å². The van der Waals surface area contributed by atoms with Crippen molar-refractivity contribution in [2.24, 2.45) is 0 Å². The zero-order valence-electron chi connectivity index (χ0n) is 16.2. The van der Waals surface area contributed by atoms with Crippen LogP contribution < -0.4 is 20.3 Å². The van der Waals surface area contributed by atoms with Crippen LogP contribution in [-0.2, 0) is 6.61 Å². The molecule has 30 heavy (non-hydrogen) atoms. The van der Waals surface area contributed by atoms with Crippen LogP contribution in [-0.4, -0.2) is 22.4 Å². The molecule has 0 aliphatic carbocycles. The first kappa shape index (κ1) is 19.2. The van der Waals surface area contributed by atoms with E-state index in [0.717, 1.165) is 0 Å². The third-order valence-corrected chi connectivity index (χ3v) is 4.47. The summed E-state index contributed by atoms with van der Waals surface area (Å²) in [5, 5.41) is 2.85. The van der Waals surface area contributed by atoms with Crippen molar-refractivity contribution in [2.45, 2.75) is 6.61 Å². The molecular weight excluding hydrogens is 382 g/mol. The van der Waals surface area contributed by atoms with Gasteiger partial charge < -0.3 is 14.8 Å². The van der Waals surface area contributed by atoms with E-state index >= 15 is 0 Å². The highest BCUT2D eigenvalue weighted by Crippen LogP contribution is 2.25. The van der Waals surface area contributed by atoms with Crippen molar-refractivity contribution in [3.8, 4) is 11.5 Å². The number of nitrogens with zero attached hydrogens (tertiary/aromatic N) is 2. The van der Waals surface area contributed by atoms with Gasteiger partial charge >= 0.3 is 0 Å². The minimum Gasteiger partial charge on any atom is -0.497 e. The Balaban J connectivity index is 1.52. The van der Waals surface area contributed by atoms with Crippen LogP contribution in [0.25, 0.3) is 5.65 Å². The number of para-hydroxylation sites is 2. The molecule has 0 saturated carbocycles. The van der Waals surface area contributed by atoms with Gasteiger partial charge in [0.25, 0.3) is 11.5 Å². The fraction of sp³-hybridized carbons (Fsp3) is 0.0870. The molecule has 0 atom stereocenters. The molecule has 0 radical (unpaired) electrons. The molecule has 0 unspecified atom stereocenters. The van der Waals surface area contributed by atoms with E-state index in [4.69, 9.17) is 9.47 Å². The molecule has 0 spiro atoms. The van der Waals surface area contributed by atoms with Gasteiger partial charge in [0.15, 0.2) is 0 Å². The second kappa shape index (κ2) is 8.48. The van der Waals surface area contributed by atoms with Gasteiger partial charge in [-0.1, -0.05) is 24.3 Å². The lowest BCUT2D eigenvalue weighted by atomic mass is 10.2. The largest absolute Gasteiger partial charge is 0.497 e. The van der Waals surface area contributed by atoms with E-state index in [2.05, 4.69) is 10.3 Å². The normalized spacial score (nSPS) is 10.6. The minimum absolute atomic E-state index is 0.0900. The minimum atomic E-state index is -0.285. The average Bonchev–Trinajstić information content (AvgIpc) is 2.78. The standard InChI is InChI=1S/C23H19N3O4/c1-29-18-8-6-7-16(13-18)23(28)25-19-9-2-3-10-20(19)30-15-17-14-22(27)26-12-5-4-11-21(26)24-17/h2-14H,15H2,1H3,(H,25,28). The molecule has 0 fully saturated rings. The van der Waals surface area contributed by atoms with E-state index in [9.17, 15) is 9.59 Å². The number of anilines is 1. The molecular formula is C23H19N3O4. The van der Waals surface area contributed by atoms with E-state index in [1.165, 1.54) is 10.5 Å². The number of carbonyl (C=O) groups is 1. The predicted molar refractivity (Wildman–Crippen MR) is 113 cm³/mol. The Hall–Kier alpha value is -4.13. The third-order valence-electron chi connectivity index (χ3n) is 4.47. The van der Waals surface area contributed by atoms with Crippen LogP contribution in [0.4, 0.5) is 5.69 Å². The van der Waals surface area contributed by atoms with Gasteiger partial charge in [-0.25, -0.2) is 4.98 Å². The number of nitrogens with one attached hydrogen (secondary N) is 1. The number of ether oxygens (including phenoxy) is 2. The van der Waals surface area contributed by atoms with Crippen molar-refractivity contribution in [3.63, 3.8) is 0 Å². The summed E-state index contributed by atoms with van der Waals surface area (Å²) in [6, 6.07) is 20.8. The molecule has 7 nitrogen and oxygen atoms in total. The number of hydrogen-bond donors (Lipinski definition) is 1. The first-order valence-electron chi connectivity index (χ1n) is 9.28. The Bertz CT molecular complexity index is 1270. The number of pyridine rings is 1. The summed E-state index contributed by atoms with van der Waals surface area (Å²) in [7, 11) is 1.55. The number of rotatable bonds is 6. The molecule has 1 amide bonds. The third kappa shape index (κ3) is 4.15. The Morgan fingerprint density at radius 3 is 2.73 bits per heavy atom. The maximum atomic E-state index is 12.6. The number of amides is 1. The first-order chi connectivity index (χ1) is 14.6. The van der Waals surface area contributed by atoms with Gasteiger partial charge in [-0.15, -0.1) is 0 Å². The quantitative estimate of drug-likeness (QED) is 0.534. The molecule has 4 rings (SSSR count). The highest BCUT2D eigenvalue weighted by Gasteiger charge is 2.11. The summed E-state index contributed by atoms with van der Waals surface area (Å²) in [5.41, 5.74) is 1.85. The summed E-state index contributed by atoms with van der Waals surface area (Å²) >= 11 is 0. The summed E-state index contributed by atoms with van der Waals surface area (Å²) in [6.45, 7) is 0.0900. The highest BCUT2D eigenvalue weighted by molar-refractivity contribution is 6.05. The van der Waals surface area contributed by atoms with Gasteiger partial charge in [0.05, 0.1) is 18.5 Å². The van der Waals surface area contributed by atoms with Crippen LogP contribution >= 0.6 is 0 Å². The molecule has 2 heterocycles. The zero-order chi connectivity index (χ0) is 20.9. The van der Waals surface area contributed by atoms with Gasteiger partial charge in [0.1, 0.15) is 23.8 Å². The number of fused-ring (bicyclic) bond motifs is 1. The van der Waals surface area contributed by atoms with E-state index in [0.29, 0.717) is 34.1 Å². The number of benzene rings is 2. The average molecular weight is 401 g/mol. The molecule has 0 bridgehead atoms. The number of aromatic nitrogens is 2. The molecule has 0 aliphatic heterocycles. The van der Waals surface area contributed by atoms with Crippen molar-refractivity contribution >= 4 is 17.2 Å². The lowest BCUT2D eigenvalue weighted by Gasteiger charge is -2.13. The predicted octanol–water partition coefficient (Wildman–Crippen LogP) is 3.53. The number of carbonyl (C=O) groups excluding carboxylic acids is 1. The molecule has 0 aliphatic rings. The van der Waals surface area contributed by atoms with E-state index in [1.807, 2.05) is 6.07 Å².